The fourth-order valence-electron chi connectivity index (χ4n) is 2.73. The van der Waals surface area contributed by atoms with E-state index in [4.69, 9.17) is 0 Å². The molecule has 108 valence electrons. The first-order valence-corrected chi connectivity index (χ1v) is 6.98. The van der Waals surface area contributed by atoms with Gasteiger partial charge in [-0.25, -0.2) is 4.39 Å². The first-order chi connectivity index (χ1) is 10.1. The van der Waals surface area contributed by atoms with Crippen LogP contribution >= 0.6 is 0 Å². The average Bonchev–Trinajstić information content (AvgIpc) is 2.86. The molecule has 0 saturated carbocycles. The third-order valence-corrected chi connectivity index (χ3v) is 3.83. The number of aryl methyl sites for hydroxylation is 1. The number of anilines is 1. The molecule has 3 nitrogen and oxygen atoms in total. The maximum absolute atomic E-state index is 13.9. The van der Waals surface area contributed by atoms with E-state index in [1.165, 1.54) is 6.07 Å². The van der Waals surface area contributed by atoms with Crippen LogP contribution in [0.1, 0.15) is 35.3 Å². The van der Waals surface area contributed by atoms with E-state index in [9.17, 15) is 14.3 Å². The lowest BCUT2D eigenvalue weighted by atomic mass is 9.94. The number of hydrogen-bond donors (Lipinski definition) is 2. The number of fused-ring (bicyclic) bond motifs is 1. The number of amides is 1. The Hall–Kier alpha value is -2.20. The number of rotatable bonds is 3. The lowest BCUT2D eigenvalue weighted by Crippen LogP contribution is -2.09. The Morgan fingerprint density at radius 2 is 2.05 bits per heavy atom. The Kier molecular flexibility index (Phi) is 3.47. The third kappa shape index (κ3) is 2.43. The van der Waals surface area contributed by atoms with Gasteiger partial charge < -0.3 is 10.4 Å². The maximum atomic E-state index is 13.9. The molecule has 1 unspecified atom stereocenters. The van der Waals surface area contributed by atoms with Gasteiger partial charge >= 0.3 is 0 Å². The second-order valence-corrected chi connectivity index (χ2v) is 5.22. The van der Waals surface area contributed by atoms with Crippen LogP contribution in [0, 0.1) is 5.82 Å². The van der Waals surface area contributed by atoms with E-state index in [1.54, 1.807) is 18.2 Å². The van der Waals surface area contributed by atoms with Gasteiger partial charge in [0.25, 0.3) is 0 Å². The molecule has 0 spiro atoms. The van der Waals surface area contributed by atoms with Gasteiger partial charge in [-0.3, -0.25) is 4.79 Å². The molecule has 0 saturated heterocycles. The number of benzene rings is 2. The van der Waals surface area contributed by atoms with E-state index in [1.807, 2.05) is 19.1 Å². The molecule has 4 heteroatoms. The quantitative estimate of drug-likeness (QED) is 0.911. The Morgan fingerprint density at radius 1 is 1.29 bits per heavy atom. The van der Waals surface area contributed by atoms with Gasteiger partial charge in [0.05, 0.1) is 12.1 Å². The minimum atomic E-state index is -1.09. The summed E-state index contributed by atoms with van der Waals surface area (Å²) in [5.74, 6) is -0.551. The van der Waals surface area contributed by atoms with Gasteiger partial charge in [0.15, 0.2) is 0 Å². The van der Waals surface area contributed by atoms with E-state index in [0.29, 0.717) is 17.7 Å². The molecule has 1 aliphatic rings. The zero-order valence-electron chi connectivity index (χ0n) is 11.7. The molecule has 1 atom stereocenters. The first kappa shape index (κ1) is 13.8. The van der Waals surface area contributed by atoms with Gasteiger partial charge in [0.2, 0.25) is 5.91 Å². The number of hydrogen-bond acceptors (Lipinski definition) is 2. The van der Waals surface area contributed by atoms with Crippen molar-refractivity contribution in [2.24, 2.45) is 0 Å². The number of carbonyl (C=O) groups is 1. The summed E-state index contributed by atoms with van der Waals surface area (Å²) in [5.41, 5.74) is 3.28. The van der Waals surface area contributed by atoms with Gasteiger partial charge in [-0.05, 0) is 23.6 Å². The number of halogens is 1. The smallest absolute Gasteiger partial charge is 0.228 e. The fraction of sp³-hybridized carbons (Fsp3) is 0.235. The van der Waals surface area contributed by atoms with E-state index >= 15 is 0 Å². The van der Waals surface area contributed by atoms with Crippen molar-refractivity contribution in [2.45, 2.75) is 25.9 Å². The summed E-state index contributed by atoms with van der Waals surface area (Å²) < 4.78 is 13.9. The summed E-state index contributed by atoms with van der Waals surface area (Å²) >= 11 is 0. The zero-order valence-corrected chi connectivity index (χ0v) is 11.7. The molecule has 1 aliphatic heterocycles. The number of aliphatic hydroxyl groups is 1. The largest absolute Gasteiger partial charge is 0.383 e. The molecule has 0 fully saturated rings. The number of carbonyl (C=O) groups excluding carboxylic acids is 1. The van der Waals surface area contributed by atoms with Gasteiger partial charge in [-0.2, -0.15) is 0 Å². The standard InChI is InChI=1S/C17H16FNO2/c1-2-10-7-11-9-15(20)19-16(11)13(8-10)17(21)12-5-3-4-6-14(12)18/h3-8,17,21H,2,9H2,1H3,(H,19,20). The fourth-order valence-corrected chi connectivity index (χ4v) is 2.73. The van der Waals surface area contributed by atoms with Crippen LogP contribution in [-0.4, -0.2) is 11.0 Å². The van der Waals surface area contributed by atoms with Crippen molar-refractivity contribution in [1.29, 1.82) is 0 Å². The number of nitrogens with one attached hydrogen (secondary N) is 1. The van der Waals surface area contributed by atoms with Crippen LogP contribution in [0.15, 0.2) is 36.4 Å². The molecule has 2 aromatic rings. The third-order valence-electron chi connectivity index (χ3n) is 3.83. The second kappa shape index (κ2) is 5.30. The van der Waals surface area contributed by atoms with Crippen molar-refractivity contribution in [3.8, 4) is 0 Å². The molecule has 1 amide bonds. The normalized spacial score (nSPS) is 14.7. The summed E-state index contributed by atoms with van der Waals surface area (Å²) in [6.07, 6.45) is 0.00313. The zero-order chi connectivity index (χ0) is 15.0. The molecule has 0 aromatic heterocycles. The SMILES string of the molecule is CCc1cc2c(c(C(O)c3ccccc3F)c1)NC(=O)C2. The summed E-state index contributed by atoms with van der Waals surface area (Å²) in [6.45, 7) is 2.01. The molecule has 0 aliphatic carbocycles. The highest BCUT2D eigenvalue weighted by molar-refractivity contribution is 6.00. The topological polar surface area (TPSA) is 49.3 Å². The van der Waals surface area contributed by atoms with Crippen LogP contribution in [0.25, 0.3) is 0 Å². The predicted molar refractivity (Wildman–Crippen MR) is 78.6 cm³/mol. The molecule has 0 radical (unpaired) electrons. The molecular formula is C17H16FNO2. The predicted octanol–water partition coefficient (Wildman–Crippen LogP) is 2.96. The molecule has 2 aromatic carbocycles. The second-order valence-electron chi connectivity index (χ2n) is 5.22. The van der Waals surface area contributed by atoms with Crippen LogP contribution in [0.5, 0.6) is 0 Å². The summed E-state index contributed by atoms with van der Waals surface area (Å²) in [5, 5.41) is 13.3. The van der Waals surface area contributed by atoms with E-state index in [2.05, 4.69) is 5.32 Å². The number of aliphatic hydroxyl groups excluding tert-OH is 1. The average molecular weight is 285 g/mol. The molecule has 2 N–H and O–H groups in total. The lowest BCUT2D eigenvalue weighted by molar-refractivity contribution is -0.115. The molecule has 1 heterocycles. The minimum Gasteiger partial charge on any atom is -0.383 e. The highest BCUT2D eigenvalue weighted by Crippen LogP contribution is 2.36. The van der Waals surface area contributed by atoms with E-state index in [0.717, 1.165) is 17.5 Å². The molecule has 0 bridgehead atoms. The monoisotopic (exact) mass is 285 g/mol. The van der Waals surface area contributed by atoms with Crippen molar-refractivity contribution >= 4 is 11.6 Å². The van der Waals surface area contributed by atoms with Gasteiger partial charge in [-0.1, -0.05) is 37.3 Å². The van der Waals surface area contributed by atoms with Gasteiger partial charge in [0, 0.05) is 11.1 Å². The van der Waals surface area contributed by atoms with Crippen LogP contribution < -0.4 is 5.32 Å². The Labute approximate surface area is 122 Å². The van der Waals surface area contributed by atoms with E-state index in [-0.39, 0.29) is 11.5 Å². The molecular weight excluding hydrogens is 269 g/mol. The van der Waals surface area contributed by atoms with Crippen LogP contribution in [0.3, 0.4) is 0 Å². The Bertz CT molecular complexity index is 712. The Morgan fingerprint density at radius 3 is 2.76 bits per heavy atom. The lowest BCUT2D eigenvalue weighted by Gasteiger charge is -2.17. The van der Waals surface area contributed by atoms with Crippen LogP contribution in [-0.2, 0) is 17.6 Å². The van der Waals surface area contributed by atoms with Crippen molar-refractivity contribution in [3.63, 3.8) is 0 Å². The maximum Gasteiger partial charge on any atom is 0.228 e. The summed E-state index contributed by atoms with van der Waals surface area (Å²) in [4.78, 5) is 11.6. The minimum absolute atomic E-state index is 0.0970. The summed E-state index contributed by atoms with van der Waals surface area (Å²) in [6, 6.07) is 9.94. The molecule has 21 heavy (non-hydrogen) atoms. The van der Waals surface area contributed by atoms with Crippen LogP contribution in [0.4, 0.5) is 10.1 Å². The van der Waals surface area contributed by atoms with Crippen molar-refractivity contribution in [1.82, 2.24) is 0 Å². The molecule has 3 rings (SSSR count). The van der Waals surface area contributed by atoms with Gasteiger partial charge in [-0.15, -0.1) is 0 Å². The van der Waals surface area contributed by atoms with Gasteiger partial charge in [0.1, 0.15) is 11.9 Å². The highest BCUT2D eigenvalue weighted by Gasteiger charge is 2.26. The first-order valence-electron chi connectivity index (χ1n) is 6.98. The van der Waals surface area contributed by atoms with Crippen molar-refractivity contribution in [3.05, 3.63) is 64.5 Å². The van der Waals surface area contributed by atoms with E-state index < -0.39 is 11.9 Å². The van der Waals surface area contributed by atoms with Crippen LogP contribution in [0.2, 0.25) is 0 Å². The van der Waals surface area contributed by atoms with Crippen molar-refractivity contribution < 1.29 is 14.3 Å². The summed E-state index contributed by atoms with van der Waals surface area (Å²) in [7, 11) is 0. The highest BCUT2D eigenvalue weighted by atomic mass is 19.1. The van der Waals surface area contributed by atoms with Crippen molar-refractivity contribution in [2.75, 3.05) is 5.32 Å². The Balaban J connectivity index is 2.12.